The van der Waals surface area contributed by atoms with Crippen LogP contribution in [0.1, 0.15) is 46.4 Å². The van der Waals surface area contributed by atoms with Crippen LogP contribution in [0, 0.1) is 12.3 Å². The maximum absolute atomic E-state index is 12.9. The molecule has 0 fully saturated rings. The predicted molar refractivity (Wildman–Crippen MR) is 99.9 cm³/mol. The molecule has 1 aliphatic rings. The van der Waals surface area contributed by atoms with Gasteiger partial charge in [0.05, 0.1) is 9.88 Å². The molecule has 3 rings (SSSR count). The molecule has 2 aromatic heterocycles. The van der Waals surface area contributed by atoms with Gasteiger partial charge in [-0.15, -0.1) is 22.7 Å². The van der Waals surface area contributed by atoms with Gasteiger partial charge in [-0.3, -0.25) is 9.59 Å². The van der Waals surface area contributed by atoms with Crippen molar-refractivity contribution in [2.45, 2.75) is 40.7 Å². The zero-order chi connectivity index (χ0) is 17.5. The van der Waals surface area contributed by atoms with Crippen LogP contribution in [-0.2, 0) is 17.8 Å². The average Bonchev–Trinajstić information content (AvgIpc) is 3.11. The maximum atomic E-state index is 12.9. The molecule has 0 unspecified atom stereocenters. The van der Waals surface area contributed by atoms with Crippen molar-refractivity contribution < 1.29 is 9.59 Å². The van der Waals surface area contributed by atoms with Crippen molar-refractivity contribution in [2.75, 3.05) is 11.9 Å². The molecule has 0 aliphatic carbocycles. The van der Waals surface area contributed by atoms with Gasteiger partial charge >= 0.3 is 0 Å². The molecule has 1 aliphatic heterocycles. The van der Waals surface area contributed by atoms with Crippen molar-refractivity contribution in [2.24, 2.45) is 5.41 Å². The number of thiophene rings is 2. The van der Waals surface area contributed by atoms with E-state index < -0.39 is 5.41 Å². The van der Waals surface area contributed by atoms with E-state index in [-0.39, 0.29) is 11.8 Å². The van der Waals surface area contributed by atoms with Crippen LogP contribution in [0.4, 0.5) is 5.00 Å². The van der Waals surface area contributed by atoms with Gasteiger partial charge in [0.1, 0.15) is 0 Å². The van der Waals surface area contributed by atoms with E-state index in [2.05, 4.69) is 16.8 Å². The largest absolute Gasteiger partial charge is 0.333 e. The summed E-state index contributed by atoms with van der Waals surface area (Å²) in [7, 11) is 0. The number of anilines is 1. The van der Waals surface area contributed by atoms with Crippen LogP contribution >= 0.6 is 22.7 Å². The molecule has 6 heteroatoms. The van der Waals surface area contributed by atoms with Gasteiger partial charge in [0.15, 0.2) is 0 Å². The fourth-order valence-corrected chi connectivity index (χ4v) is 4.55. The molecule has 128 valence electrons. The van der Waals surface area contributed by atoms with Gasteiger partial charge < -0.3 is 10.2 Å². The molecule has 24 heavy (non-hydrogen) atoms. The van der Waals surface area contributed by atoms with E-state index >= 15 is 0 Å². The third-order valence-electron chi connectivity index (χ3n) is 4.12. The quantitative estimate of drug-likeness (QED) is 0.866. The lowest BCUT2D eigenvalue weighted by molar-refractivity contribution is -0.123. The van der Waals surface area contributed by atoms with Gasteiger partial charge in [0, 0.05) is 23.4 Å². The van der Waals surface area contributed by atoms with Crippen LogP contribution in [0.3, 0.4) is 0 Å². The Kier molecular flexibility index (Phi) is 4.53. The first-order valence-electron chi connectivity index (χ1n) is 8.02. The summed E-state index contributed by atoms with van der Waals surface area (Å²) < 4.78 is 0. The lowest BCUT2D eigenvalue weighted by Gasteiger charge is -2.26. The Balaban J connectivity index is 1.76. The summed E-state index contributed by atoms with van der Waals surface area (Å²) in [6.45, 7) is 8.99. The van der Waals surface area contributed by atoms with Crippen molar-refractivity contribution in [3.63, 3.8) is 0 Å². The summed E-state index contributed by atoms with van der Waals surface area (Å²) in [6.07, 6.45) is 0.927. The molecule has 0 atom stereocenters. The molecule has 1 N–H and O–H groups in total. The normalized spacial score (nSPS) is 14.4. The van der Waals surface area contributed by atoms with Crippen molar-refractivity contribution in [1.82, 2.24) is 4.90 Å². The first-order valence-corrected chi connectivity index (χ1v) is 9.72. The van der Waals surface area contributed by atoms with E-state index in [9.17, 15) is 9.59 Å². The van der Waals surface area contributed by atoms with E-state index in [0.29, 0.717) is 6.54 Å². The number of fused-ring (bicyclic) bond motifs is 1. The maximum Gasteiger partial charge on any atom is 0.264 e. The fourth-order valence-electron chi connectivity index (χ4n) is 2.62. The van der Waals surface area contributed by atoms with Crippen LogP contribution in [0.25, 0.3) is 0 Å². The van der Waals surface area contributed by atoms with E-state index in [1.807, 2.05) is 38.7 Å². The molecular formula is C18H22N2O2S2. The molecule has 2 aromatic rings. The zero-order valence-corrected chi connectivity index (χ0v) is 16.1. The summed E-state index contributed by atoms with van der Waals surface area (Å²) in [5, 5.41) is 5.76. The molecule has 3 heterocycles. The number of amides is 2. The summed E-state index contributed by atoms with van der Waals surface area (Å²) >= 11 is 3.14. The molecule has 0 aromatic carbocycles. The van der Waals surface area contributed by atoms with Crippen molar-refractivity contribution in [3.05, 3.63) is 38.4 Å². The summed E-state index contributed by atoms with van der Waals surface area (Å²) in [6, 6.07) is 4.00. The summed E-state index contributed by atoms with van der Waals surface area (Å²) in [5.41, 5.74) is 1.73. The van der Waals surface area contributed by atoms with Gasteiger partial charge in [0.2, 0.25) is 5.91 Å². The first-order chi connectivity index (χ1) is 11.3. The van der Waals surface area contributed by atoms with E-state index in [1.54, 1.807) is 11.3 Å². The average molecular weight is 363 g/mol. The minimum atomic E-state index is -0.454. The molecular weight excluding hydrogens is 340 g/mol. The molecule has 0 saturated carbocycles. The number of carbonyl (C=O) groups excluding carboxylic acids is 2. The zero-order valence-electron chi connectivity index (χ0n) is 14.4. The fraction of sp³-hybridized carbons (Fsp3) is 0.444. The minimum Gasteiger partial charge on any atom is -0.333 e. The highest BCUT2D eigenvalue weighted by Gasteiger charge is 2.26. The predicted octanol–water partition coefficient (Wildman–Crippen LogP) is 4.30. The third-order valence-corrected chi connectivity index (χ3v) is 6.29. The Morgan fingerprint density at radius 3 is 2.75 bits per heavy atom. The Morgan fingerprint density at radius 1 is 1.29 bits per heavy atom. The SMILES string of the molecule is Cc1cc(NC(=O)C(C)(C)C)sc1C(=O)N1CCc2sccc2C1. The van der Waals surface area contributed by atoms with E-state index in [1.165, 1.54) is 21.8 Å². The van der Waals surface area contributed by atoms with Gasteiger partial charge in [0.25, 0.3) is 5.91 Å². The first kappa shape index (κ1) is 17.2. The highest BCUT2D eigenvalue weighted by molar-refractivity contribution is 7.18. The van der Waals surface area contributed by atoms with Gasteiger partial charge in [-0.05, 0) is 42.0 Å². The standard InChI is InChI=1S/C18H22N2O2S2/c1-11-9-14(19-17(22)18(2,3)4)24-15(11)16(21)20-7-5-13-12(10-20)6-8-23-13/h6,8-9H,5,7,10H2,1-4H3,(H,19,22). The van der Waals surface area contributed by atoms with Crippen LogP contribution in [0.2, 0.25) is 0 Å². The minimum absolute atomic E-state index is 0.0383. The second kappa shape index (κ2) is 6.33. The van der Waals surface area contributed by atoms with Crippen molar-refractivity contribution >= 4 is 39.5 Å². The molecule has 4 nitrogen and oxygen atoms in total. The van der Waals surface area contributed by atoms with Crippen LogP contribution < -0.4 is 5.32 Å². The van der Waals surface area contributed by atoms with Gasteiger partial charge in [-0.25, -0.2) is 0 Å². The molecule has 2 amide bonds. The lowest BCUT2D eigenvalue weighted by atomic mass is 9.96. The Labute approximate surface area is 150 Å². The van der Waals surface area contributed by atoms with Crippen LogP contribution in [0.5, 0.6) is 0 Å². The Hall–Kier alpha value is -1.66. The topological polar surface area (TPSA) is 49.4 Å². The molecule has 0 spiro atoms. The highest BCUT2D eigenvalue weighted by atomic mass is 32.1. The number of aryl methyl sites for hydroxylation is 1. The summed E-state index contributed by atoms with van der Waals surface area (Å²) in [5.74, 6) is 0.0224. The number of carbonyl (C=O) groups is 2. The van der Waals surface area contributed by atoms with E-state index in [4.69, 9.17) is 0 Å². The monoisotopic (exact) mass is 362 g/mol. The smallest absolute Gasteiger partial charge is 0.264 e. The number of rotatable bonds is 2. The van der Waals surface area contributed by atoms with Gasteiger partial charge in [-0.1, -0.05) is 20.8 Å². The summed E-state index contributed by atoms with van der Waals surface area (Å²) in [4.78, 5) is 29.0. The van der Waals surface area contributed by atoms with Crippen molar-refractivity contribution in [1.29, 1.82) is 0 Å². The lowest BCUT2D eigenvalue weighted by Crippen LogP contribution is -2.35. The molecule has 0 saturated heterocycles. The van der Waals surface area contributed by atoms with Gasteiger partial charge in [-0.2, -0.15) is 0 Å². The number of nitrogens with zero attached hydrogens (tertiary/aromatic N) is 1. The number of hydrogen-bond acceptors (Lipinski definition) is 4. The Morgan fingerprint density at radius 2 is 2.04 bits per heavy atom. The molecule has 0 bridgehead atoms. The van der Waals surface area contributed by atoms with E-state index in [0.717, 1.165) is 28.4 Å². The second-order valence-corrected chi connectivity index (χ2v) is 9.23. The molecule has 0 radical (unpaired) electrons. The third kappa shape index (κ3) is 3.39. The Bertz CT molecular complexity index is 783. The highest BCUT2D eigenvalue weighted by Crippen LogP contribution is 2.31. The van der Waals surface area contributed by atoms with Crippen molar-refractivity contribution in [3.8, 4) is 0 Å². The number of nitrogens with one attached hydrogen (secondary N) is 1. The number of hydrogen-bond donors (Lipinski definition) is 1. The van der Waals surface area contributed by atoms with Crippen LogP contribution in [-0.4, -0.2) is 23.3 Å². The van der Waals surface area contributed by atoms with Crippen LogP contribution in [0.15, 0.2) is 17.5 Å². The second-order valence-electron chi connectivity index (χ2n) is 7.17.